The van der Waals surface area contributed by atoms with Crippen LogP contribution >= 0.6 is 0 Å². The number of ketones is 1. The molecule has 0 heterocycles. The second-order valence-corrected chi connectivity index (χ2v) is 5.62. The normalized spacial score (nSPS) is 10.5. The Balaban J connectivity index is 2.11. The second kappa shape index (κ2) is 5.98. The monoisotopic (exact) mass is 286 g/mol. The van der Waals surface area contributed by atoms with E-state index in [1.807, 2.05) is 80.6 Å². The SMILES string of the molecule is Cc1cc(C)cc(C(=O)c2ccccc2-c2ccccc2)c1. The zero-order valence-corrected chi connectivity index (χ0v) is 12.8. The molecule has 0 saturated heterocycles. The summed E-state index contributed by atoms with van der Waals surface area (Å²) in [6.07, 6.45) is 0. The number of benzene rings is 3. The van der Waals surface area contributed by atoms with E-state index in [1.165, 1.54) is 0 Å². The van der Waals surface area contributed by atoms with Gasteiger partial charge < -0.3 is 0 Å². The first-order valence-corrected chi connectivity index (χ1v) is 7.42. The van der Waals surface area contributed by atoms with E-state index in [-0.39, 0.29) is 5.78 Å². The van der Waals surface area contributed by atoms with Crippen LogP contribution in [0.4, 0.5) is 0 Å². The van der Waals surface area contributed by atoms with Crippen molar-refractivity contribution in [3.63, 3.8) is 0 Å². The molecular weight excluding hydrogens is 268 g/mol. The van der Waals surface area contributed by atoms with Crippen molar-refractivity contribution < 1.29 is 4.79 Å². The maximum absolute atomic E-state index is 12.9. The molecule has 0 N–H and O–H groups in total. The van der Waals surface area contributed by atoms with Crippen LogP contribution in [0.1, 0.15) is 27.0 Å². The molecule has 1 nitrogen and oxygen atoms in total. The zero-order chi connectivity index (χ0) is 15.5. The number of aryl methyl sites for hydroxylation is 2. The summed E-state index contributed by atoms with van der Waals surface area (Å²) in [5.41, 5.74) is 5.77. The largest absolute Gasteiger partial charge is 0.289 e. The number of hydrogen-bond donors (Lipinski definition) is 0. The Kier molecular flexibility index (Phi) is 3.88. The van der Waals surface area contributed by atoms with Gasteiger partial charge in [-0.25, -0.2) is 0 Å². The molecule has 0 bridgehead atoms. The number of carbonyl (C=O) groups excluding carboxylic acids is 1. The molecule has 3 rings (SSSR count). The third kappa shape index (κ3) is 2.84. The predicted molar refractivity (Wildman–Crippen MR) is 91.2 cm³/mol. The van der Waals surface area contributed by atoms with Crippen molar-refractivity contribution in [3.05, 3.63) is 95.1 Å². The summed E-state index contributed by atoms with van der Waals surface area (Å²) >= 11 is 0. The van der Waals surface area contributed by atoms with E-state index < -0.39 is 0 Å². The molecule has 22 heavy (non-hydrogen) atoms. The molecule has 0 aliphatic rings. The van der Waals surface area contributed by atoms with Gasteiger partial charge in [0.2, 0.25) is 0 Å². The van der Waals surface area contributed by atoms with Crippen molar-refractivity contribution in [1.82, 2.24) is 0 Å². The van der Waals surface area contributed by atoms with Crippen molar-refractivity contribution in [2.45, 2.75) is 13.8 Å². The van der Waals surface area contributed by atoms with Crippen LogP contribution in [0.25, 0.3) is 11.1 Å². The fourth-order valence-electron chi connectivity index (χ4n) is 2.81. The van der Waals surface area contributed by atoms with Crippen LogP contribution in [0.15, 0.2) is 72.8 Å². The molecule has 0 aliphatic carbocycles. The Bertz CT molecular complexity index is 796. The van der Waals surface area contributed by atoms with Crippen molar-refractivity contribution in [2.24, 2.45) is 0 Å². The molecule has 3 aromatic carbocycles. The number of carbonyl (C=O) groups is 1. The Hall–Kier alpha value is -2.67. The van der Waals surface area contributed by atoms with Gasteiger partial charge in [0.15, 0.2) is 5.78 Å². The molecule has 0 spiro atoms. The minimum absolute atomic E-state index is 0.0752. The molecule has 0 fully saturated rings. The highest BCUT2D eigenvalue weighted by Crippen LogP contribution is 2.26. The average molecular weight is 286 g/mol. The number of rotatable bonds is 3. The van der Waals surface area contributed by atoms with Gasteiger partial charge in [-0.3, -0.25) is 4.79 Å². The quantitative estimate of drug-likeness (QED) is 0.605. The van der Waals surface area contributed by atoms with Crippen LogP contribution in [0, 0.1) is 13.8 Å². The van der Waals surface area contributed by atoms with E-state index >= 15 is 0 Å². The van der Waals surface area contributed by atoms with Crippen LogP contribution in [0.3, 0.4) is 0 Å². The second-order valence-electron chi connectivity index (χ2n) is 5.62. The molecule has 108 valence electrons. The van der Waals surface area contributed by atoms with Gasteiger partial charge >= 0.3 is 0 Å². The van der Waals surface area contributed by atoms with Gasteiger partial charge in [0, 0.05) is 11.1 Å². The van der Waals surface area contributed by atoms with E-state index in [0.717, 1.165) is 33.4 Å². The fourth-order valence-corrected chi connectivity index (χ4v) is 2.81. The molecule has 0 amide bonds. The van der Waals surface area contributed by atoms with Crippen LogP contribution in [-0.2, 0) is 0 Å². The summed E-state index contributed by atoms with van der Waals surface area (Å²) < 4.78 is 0. The lowest BCUT2D eigenvalue weighted by Gasteiger charge is -2.10. The Labute approximate surface area is 131 Å². The molecule has 0 aromatic heterocycles. The van der Waals surface area contributed by atoms with Crippen LogP contribution < -0.4 is 0 Å². The molecule has 0 radical (unpaired) electrons. The van der Waals surface area contributed by atoms with E-state index in [1.54, 1.807) is 0 Å². The Morgan fingerprint density at radius 3 is 2.00 bits per heavy atom. The third-order valence-electron chi connectivity index (χ3n) is 3.74. The summed E-state index contributed by atoms with van der Waals surface area (Å²) in [4.78, 5) is 12.9. The highest BCUT2D eigenvalue weighted by Gasteiger charge is 2.14. The summed E-state index contributed by atoms with van der Waals surface area (Å²) in [7, 11) is 0. The molecule has 0 atom stereocenters. The first kappa shape index (κ1) is 14.3. The third-order valence-corrected chi connectivity index (χ3v) is 3.74. The first-order chi connectivity index (χ1) is 10.6. The van der Waals surface area contributed by atoms with Gasteiger partial charge in [0.05, 0.1) is 0 Å². The van der Waals surface area contributed by atoms with Crippen LogP contribution in [0.2, 0.25) is 0 Å². The smallest absolute Gasteiger partial charge is 0.193 e. The van der Waals surface area contributed by atoms with Gasteiger partial charge in [-0.2, -0.15) is 0 Å². The standard InChI is InChI=1S/C21H18O/c1-15-12-16(2)14-18(13-15)21(22)20-11-7-6-10-19(20)17-8-4-3-5-9-17/h3-14H,1-2H3. The Morgan fingerprint density at radius 1 is 0.727 bits per heavy atom. The lowest BCUT2D eigenvalue weighted by molar-refractivity contribution is 0.103. The maximum atomic E-state index is 12.9. The van der Waals surface area contributed by atoms with Crippen molar-refractivity contribution in [2.75, 3.05) is 0 Å². The van der Waals surface area contributed by atoms with E-state index in [2.05, 4.69) is 6.07 Å². The van der Waals surface area contributed by atoms with Gasteiger partial charge in [-0.15, -0.1) is 0 Å². The van der Waals surface area contributed by atoms with Crippen molar-refractivity contribution in [3.8, 4) is 11.1 Å². The average Bonchev–Trinajstić information content (AvgIpc) is 2.54. The summed E-state index contributed by atoms with van der Waals surface area (Å²) in [5, 5.41) is 0. The predicted octanol–water partition coefficient (Wildman–Crippen LogP) is 5.20. The summed E-state index contributed by atoms with van der Waals surface area (Å²) in [6, 6.07) is 23.8. The van der Waals surface area contributed by atoms with Crippen molar-refractivity contribution >= 4 is 5.78 Å². The van der Waals surface area contributed by atoms with E-state index in [9.17, 15) is 4.79 Å². The summed E-state index contributed by atoms with van der Waals surface area (Å²) in [6.45, 7) is 4.04. The van der Waals surface area contributed by atoms with Crippen LogP contribution in [0.5, 0.6) is 0 Å². The topological polar surface area (TPSA) is 17.1 Å². The summed E-state index contributed by atoms with van der Waals surface area (Å²) in [5.74, 6) is 0.0752. The molecule has 0 saturated carbocycles. The molecule has 0 unspecified atom stereocenters. The van der Waals surface area contributed by atoms with Crippen molar-refractivity contribution in [1.29, 1.82) is 0 Å². The lowest BCUT2D eigenvalue weighted by atomic mass is 9.93. The minimum Gasteiger partial charge on any atom is -0.289 e. The molecule has 1 heteroatoms. The van der Waals surface area contributed by atoms with E-state index in [0.29, 0.717) is 0 Å². The van der Waals surface area contributed by atoms with Gasteiger partial charge in [0.25, 0.3) is 0 Å². The zero-order valence-electron chi connectivity index (χ0n) is 12.8. The van der Waals surface area contributed by atoms with Gasteiger partial charge in [-0.1, -0.05) is 71.8 Å². The number of hydrogen-bond acceptors (Lipinski definition) is 1. The minimum atomic E-state index is 0.0752. The van der Waals surface area contributed by atoms with E-state index in [4.69, 9.17) is 0 Å². The fraction of sp³-hybridized carbons (Fsp3) is 0.0952. The molecule has 0 aliphatic heterocycles. The molecule has 3 aromatic rings. The highest BCUT2D eigenvalue weighted by atomic mass is 16.1. The van der Waals surface area contributed by atoms with Gasteiger partial charge in [-0.05, 0) is 37.1 Å². The highest BCUT2D eigenvalue weighted by molar-refractivity contribution is 6.13. The Morgan fingerprint density at radius 2 is 1.32 bits per heavy atom. The first-order valence-electron chi connectivity index (χ1n) is 7.42. The van der Waals surface area contributed by atoms with Gasteiger partial charge in [0.1, 0.15) is 0 Å². The maximum Gasteiger partial charge on any atom is 0.193 e. The lowest BCUT2D eigenvalue weighted by Crippen LogP contribution is -2.04. The molecular formula is C21H18O. The van der Waals surface area contributed by atoms with Crippen LogP contribution in [-0.4, -0.2) is 5.78 Å².